The fourth-order valence-electron chi connectivity index (χ4n) is 3.32. The fourth-order valence-corrected chi connectivity index (χ4v) is 3.32. The Bertz CT molecular complexity index is 718. The van der Waals surface area contributed by atoms with Crippen LogP contribution in [0, 0.1) is 0 Å². The van der Waals surface area contributed by atoms with Gasteiger partial charge in [-0.1, -0.05) is 30.3 Å². The molecule has 2 aromatic rings. The predicted molar refractivity (Wildman–Crippen MR) is 93.7 cm³/mol. The van der Waals surface area contributed by atoms with Gasteiger partial charge < -0.3 is 15.3 Å². The number of nitrogens with zero attached hydrogens (tertiary/aromatic N) is 3. The molecule has 1 fully saturated rings. The summed E-state index contributed by atoms with van der Waals surface area (Å²) >= 11 is 0. The lowest BCUT2D eigenvalue weighted by molar-refractivity contribution is 0.0117. The molecule has 2 heterocycles. The first kappa shape index (κ1) is 16.5. The Morgan fingerprint density at radius 3 is 2.71 bits per heavy atom. The summed E-state index contributed by atoms with van der Waals surface area (Å²) in [4.78, 5) is 14.5. The number of amides is 2. The molecule has 1 aliphatic rings. The number of carbonyl (C=O) groups excluding carboxylic acids is 1. The third-order valence-corrected chi connectivity index (χ3v) is 4.45. The highest BCUT2D eigenvalue weighted by atomic mass is 16.3. The van der Waals surface area contributed by atoms with Gasteiger partial charge in [0.1, 0.15) is 5.69 Å². The van der Waals surface area contributed by atoms with Crippen molar-refractivity contribution < 1.29 is 9.90 Å². The lowest BCUT2D eigenvalue weighted by atomic mass is 9.97. The van der Waals surface area contributed by atoms with E-state index in [1.54, 1.807) is 29.6 Å². The number of rotatable bonds is 3. The van der Waals surface area contributed by atoms with Crippen molar-refractivity contribution in [3.63, 3.8) is 0 Å². The zero-order valence-corrected chi connectivity index (χ0v) is 14.4. The molecule has 1 atom stereocenters. The Labute approximate surface area is 142 Å². The van der Waals surface area contributed by atoms with Crippen molar-refractivity contribution in [2.45, 2.75) is 38.3 Å². The molecule has 0 aliphatic carbocycles. The minimum Gasteiger partial charge on any atom is -0.388 e. The second-order valence-electron chi connectivity index (χ2n) is 6.87. The van der Waals surface area contributed by atoms with Crippen LogP contribution < -0.4 is 5.32 Å². The molecule has 1 aliphatic heterocycles. The van der Waals surface area contributed by atoms with E-state index in [2.05, 4.69) is 10.4 Å². The molecule has 6 heteroatoms. The molecule has 1 saturated heterocycles. The monoisotopic (exact) mass is 328 g/mol. The van der Waals surface area contributed by atoms with Crippen molar-refractivity contribution in [2.75, 3.05) is 11.9 Å². The normalized spacial score (nSPS) is 18.0. The largest absolute Gasteiger partial charge is 0.388 e. The lowest BCUT2D eigenvalue weighted by Crippen LogP contribution is -2.49. The maximum atomic E-state index is 12.7. The van der Waals surface area contributed by atoms with Gasteiger partial charge in [-0.2, -0.15) is 5.10 Å². The number of aliphatic hydroxyl groups is 1. The highest BCUT2D eigenvalue weighted by Gasteiger charge is 2.38. The third kappa shape index (κ3) is 3.28. The lowest BCUT2D eigenvalue weighted by Gasteiger charge is -2.33. The smallest absolute Gasteiger partial charge is 0.322 e. The molecule has 128 valence electrons. The van der Waals surface area contributed by atoms with Crippen LogP contribution >= 0.6 is 0 Å². The van der Waals surface area contributed by atoms with E-state index in [4.69, 9.17) is 0 Å². The third-order valence-electron chi connectivity index (χ3n) is 4.45. The zero-order chi connectivity index (χ0) is 17.3. The SMILES string of the molecule is Cn1cc(NC(=O)N2CCCC2C(C)(C)O)c(-c2ccccc2)n1. The average molecular weight is 328 g/mol. The van der Waals surface area contributed by atoms with Crippen LogP contribution in [0.2, 0.25) is 0 Å². The number of urea groups is 1. The number of aryl methyl sites for hydroxylation is 1. The Morgan fingerprint density at radius 2 is 2.04 bits per heavy atom. The van der Waals surface area contributed by atoms with Gasteiger partial charge in [-0.25, -0.2) is 4.79 Å². The molecule has 6 nitrogen and oxygen atoms in total. The first-order valence-electron chi connectivity index (χ1n) is 8.25. The Morgan fingerprint density at radius 1 is 1.33 bits per heavy atom. The van der Waals surface area contributed by atoms with Gasteiger partial charge in [-0.15, -0.1) is 0 Å². The Balaban J connectivity index is 1.83. The predicted octanol–water partition coefficient (Wildman–Crippen LogP) is 2.85. The number of anilines is 1. The van der Waals surface area contributed by atoms with Gasteiger partial charge in [0.15, 0.2) is 0 Å². The molecule has 0 spiro atoms. The van der Waals surface area contributed by atoms with Crippen LogP contribution in [-0.4, -0.2) is 44.0 Å². The molecule has 2 N–H and O–H groups in total. The highest BCUT2D eigenvalue weighted by Crippen LogP contribution is 2.30. The summed E-state index contributed by atoms with van der Waals surface area (Å²) in [6.07, 6.45) is 3.52. The number of benzene rings is 1. The van der Waals surface area contributed by atoms with Gasteiger partial charge in [-0.05, 0) is 26.7 Å². The molecular weight excluding hydrogens is 304 g/mol. The Kier molecular flexibility index (Phi) is 4.32. The number of hydrogen-bond donors (Lipinski definition) is 2. The molecule has 3 rings (SSSR count). The maximum absolute atomic E-state index is 12.7. The maximum Gasteiger partial charge on any atom is 0.322 e. The van der Waals surface area contributed by atoms with Gasteiger partial charge in [0, 0.05) is 25.4 Å². The van der Waals surface area contributed by atoms with Gasteiger partial charge in [0.05, 0.1) is 17.3 Å². The van der Waals surface area contributed by atoms with Crippen LogP contribution in [-0.2, 0) is 7.05 Å². The van der Waals surface area contributed by atoms with Crippen LogP contribution in [0.1, 0.15) is 26.7 Å². The van der Waals surface area contributed by atoms with Crippen molar-refractivity contribution in [1.29, 1.82) is 0 Å². The van der Waals surface area contributed by atoms with E-state index >= 15 is 0 Å². The Hall–Kier alpha value is -2.34. The van der Waals surface area contributed by atoms with Gasteiger partial charge in [0.25, 0.3) is 0 Å². The molecule has 0 saturated carbocycles. The van der Waals surface area contributed by atoms with E-state index < -0.39 is 5.60 Å². The van der Waals surface area contributed by atoms with E-state index in [0.717, 1.165) is 24.1 Å². The van der Waals surface area contributed by atoms with E-state index in [-0.39, 0.29) is 12.1 Å². The van der Waals surface area contributed by atoms with E-state index in [0.29, 0.717) is 12.2 Å². The summed E-state index contributed by atoms with van der Waals surface area (Å²) in [6, 6.07) is 9.41. The highest BCUT2D eigenvalue weighted by molar-refractivity contribution is 5.93. The van der Waals surface area contributed by atoms with E-state index in [9.17, 15) is 9.90 Å². The fraction of sp³-hybridized carbons (Fsp3) is 0.444. The van der Waals surface area contributed by atoms with Crippen molar-refractivity contribution in [3.8, 4) is 11.3 Å². The summed E-state index contributed by atoms with van der Waals surface area (Å²) in [5.74, 6) is 0. The number of likely N-dealkylation sites (tertiary alicyclic amines) is 1. The van der Waals surface area contributed by atoms with Crippen LogP contribution in [0.25, 0.3) is 11.3 Å². The summed E-state index contributed by atoms with van der Waals surface area (Å²) in [7, 11) is 1.83. The quantitative estimate of drug-likeness (QED) is 0.910. The van der Waals surface area contributed by atoms with Crippen molar-refractivity contribution in [3.05, 3.63) is 36.5 Å². The molecular formula is C18H24N4O2. The summed E-state index contributed by atoms with van der Waals surface area (Å²) < 4.78 is 1.69. The molecule has 0 radical (unpaired) electrons. The first-order chi connectivity index (χ1) is 11.4. The summed E-state index contributed by atoms with van der Waals surface area (Å²) in [5, 5.41) is 17.7. The van der Waals surface area contributed by atoms with Crippen molar-refractivity contribution in [1.82, 2.24) is 14.7 Å². The van der Waals surface area contributed by atoms with Crippen LogP contribution in [0.15, 0.2) is 36.5 Å². The van der Waals surface area contributed by atoms with E-state index in [1.807, 2.05) is 37.4 Å². The minimum absolute atomic E-state index is 0.172. The van der Waals surface area contributed by atoms with Gasteiger partial charge >= 0.3 is 6.03 Å². The molecule has 0 bridgehead atoms. The van der Waals surface area contributed by atoms with E-state index in [1.165, 1.54) is 0 Å². The summed E-state index contributed by atoms with van der Waals surface area (Å²) in [5.41, 5.74) is 1.46. The topological polar surface area (TPSA) is 70.4 Å². The number of hydrogen-bond acceptors (Lipinski definition) is 3. The molecule has 24 heavy (non-hydrogen) atoms. The van der Waals surface area contributed by atoms with Crippen molar-refractivity contribution >= 4 is 11.7 Å². The number of aromatic nitrogens is 2. The summed E-state index contributed by atoms with van der Waals surface area (Å²) in [6.45, 7) is 4.16. The second kappa shape index (κ2) is 6.28. The van der Waals surface area contributed by atoms with Gasteiger partial charge in [-0.3, -0.25) is 4.68 Å². The second-order valence-corrected chi connectivity index (χ2v) is 6.87. The van der Waals surface area contributed by atoms with Gasteiger partial charge in [0.2, 0.25) is 0 Å². The van der Waals surface area contributed by atoms with Crippen LogP contribution in [0.4, 0.5) is 10.5 Å². The van der Waals surface area contributed by atoms with Crippen LogP contribution in [0.5, 0.6) is 0 Å². The first-order valence-corrected chi connectivity index (χ1v) is 8.25. The zero-order valence-electron chi connectivity index (χ0n) is 14.4. The molecule has 2 amide bonds. The number of nitrogens with one attached hydrogen (secondary N) is 1. The number of carbonyl (C=O) groups is 1. The molecule has 1 unspecified atom stereocenters. The molecule has 1 aromatic heterocycles. The minimum atomic E-state index is -0.912. The van der Waals surface area contributed by atoms with Crippen molar-refractivity contribution in [2.24, 2.45) is 7.05 Å². The van der Waals surface area contributed by atoms with Crippen LogP contribution in [0.3, 0.4) is 0 Å². The average Bonchev–Trinajstić information content (AvgIpc) is 3.14. The standard InChI is InChI=1S/C18H24N4O2/c1-18(2,24)15-10-7-11-22(15)17(23)19-14-12-21(3)20-16(14)13-8-5-4-6-9-13/h4-6,8-9,12,15,24H,7,10-11H2,1-3H3,(H,19,23). The molecule has 1 aromatic carbocycles.